The number of nitrogens with zero attached hydrogens (tertiary/aromatic N) is 2. The average molecular weight is 404 g/mol. The number of amides is 1. The van der Waals surface area contributed by atoms with E-state index in [9.17, 15) is 9.59 Å². The molecule has 0 saturated heterocycles. The first-order valence-electron chi connectivity index (χ1n) is 9.71. The van der Waals surface area contributed by atoms with E-state index in [-0.39, 0.29) is 16.7 Å². The lowest BCUT2D eigenvalue weighted by atomic mass is 10.2. The lowest BCUT2D eigenvalue weighted by Crippen LogP contribution is -2.38. The van der Waals surface area contributed by atoms with Crippen LogP contribution in [-0.2, 0) is 24.2 Å². The average Bonchev–Trinajstić information content (AvgIpc) is 3.35. The molecule has 1 fully saturated rings. The van der Waals surface area contributed by atoms with Crippen molar-refractivity contribution in [2.45, 2.75) is 74.9 Å². The zero-order valence-electron chi connectivity index (χ0n) is 15.6. The lowest BCUT2D eigenvalue weighted by molar-refractivity contribution is -0.120. The van der Waals surface area contributed by atoms with Gasteiger partial charge in [-0.2, -0.15) is 0 Å². The van der Waals surface area contributed by atoms with E-state index in [1.807, 2.05) is 6.92 Å². The normalized spacial score (nSPS) is 18.0. The molecule has 0 radical (unpaired) electrons. The second-order valence-electron chi connectivity index (χ2n) is 7.39. The molecule has 0 bridgehead atoms. The van der Waals surface area contributed by atoms with Gasteiger partial charge in [0.05, 0.1) is 10.6 Å². The molecule has 2 aliphatic carbocycles. The number of hydrogen-bond acceptors (Lipinski definition) is 5. The lowest BCUT2D eigenvalue weighted by Gasteiger charge is -2.17. The van der Waals surface area contributed by atoms with Crippen LogP contribution in [0.1, 0.15) is 49.5 Å². The highest BCUT2D eigenvalue weighted by Crippen LogP contribution is 2.36. The number of carbonyl (C=O) groups is 1. The Morgan fingerprint density at radius 3 is 2.93 bits per heavy atom. The summed E-state index contributed by atoms with van der Waals surface area (Å²) in [7, 11) is 0. The Bertz CT molecular complexity index is 941. The summed E-state index contributed by atoms with van der Waals surface area (Å²) in [5.74, 6) is 0.0278. The van der Waals surface area contributed by atoms with E-state index in [1.54, 1.807) is 22.0 Å². The predicted molar refractivity (Wildman–Crippen MR) is 112 cm³/mol. The molecular weight excluding hydrogens is 378 g/mol. The monoisotopic (exact) mass is 403 g/mol. The fraction of sp³-hybridized carbons (Fsp3) is 0.550. The summed E-state index contributed by atoms with van der Waals surface area (Å²) in [6.45, 7) is 6.08. The second kappa shape index (κ2) is 7.80. The molecule has 1 unspecified atom stereocenters. The highest BCUT2D eigenvalue weighted by atomic mass is 32.2. The summed E-state index contributed by atoms with van der Waals surface area (Å²) < 4.78 is 1.67. The number of thiophene rings is 1. The molecule has 2 aromatic heterocycles. The number of rotatable bonds is 6. The molecule has 1 amide bonds. The van der Waals surface area contributed by atoms with Crippen LogP contribution in [0.25, 0.3) is 10.2 Å². The minimum absolute atomic E-state index is 0.00482. The fourth-order valence-corrected chi connectivity index (χ4v) is 6.27. The molecule has 4 rings (SSSR count). The Hall–Kier alpha value is -1.60. The van der Waals surface area contributed by atoms with Gasteiger partial charge in [0.2, 0.25) is 5.91 Å². The van der Waals surface area contributed by atoms with Crippen LogP contribution >= 0.6 is 23.1 Å². The van der Waals surface area contributed by atoms with Crippen molar-refractivity contribution in [2.24, 2.45) is 0 Å². The smallest absolute Gasteiger partial charge is 0.263 e. The minimum Gasteiger partial charge on any atom is -0.352 e. The Labute approximate surface area is 167 Å². The van der Waals surface area contributed by atoms with Gasteiger partial charge in [-0.3, -0.25) is 14.2 Å². The van der Waals surface area contributed by atoms with Crippen LogP contribution in [0.15, 0.2) is 22.6 Å². The molecule has 0 aliphatic heterocycles. The Morgan fingerprint density at radius 1 is 1.41 bits per heavy atom. The third kappa shape index (κ3) is 3.59. The van der Waals surface area contributed by atoms with Gasteiger partial charge in [-0.15, -0.1) is 17.9 Å². The van der Waals surface area contributed by atoms with E-state index in [2.05, 4.69) is 11.9 Å². The number of carbonyl (C=O) groups excluding carboxylic acids is 1. The summed E-state index contributed by atoms with van der Waals surface area (Å²) in [5, 5.41) is 4.24. The van der Waals surface area contributed by atoms with Gasteiger partial charge >= 0.3 is 0 Å². The highest BCUT2D eigenvalue weighted by Gasteiger charge is 2.26. The van der Waals surface area contributed by atoms with E-state index >= 15 is 0 Å². The van der Waals surface area contributed by atoms with Gasteiger partial charge in [-0.25, -0.2) is 4.98 Å². The van der Waals surface area contributed by atoms with Crippen molar-refractivity contribution in [1.29, 1.82) is 0 Å². The van der Waals surface area contributed by atoms with E-state index in [0.29, 0.717) is 17.7 Å². The minimum atomic E-state index is -0.294. The van der Waals surface area contributed by atoms with E-state index in [1.165, 1.54) is 35.0 Å². The molecule has 0 spiro atoms. The van der Waals surface area contributed by atoms with Crippen molar-refractivity contribution in [3.63, 3.8) is 0 Å². The number of allylic oxidation sites excluding steroid dienone is 1. The SMILES string of the molecule is C=CCn1c(SC(C)C(=O)NC2CCCC2)nc2sc3c(c2c1=O)CCC3. The van der Waals surface area contributed by atoms with Gasteiger partial charge < -0.3 is 5.32 Å². The highest BCUT2D eigenvalue weighted by molar-refractivity contribution is 8.00. The molecule has 7 heteroatoms. The van der Waals surface area contributed by atoms with Crippen molar-refractivity contribution in [1.82, 2.24) is 14.9 Å². The molecule has 2 aliphatic rings. The number of fused-ring (bicyclic) bond motifs is 3. The van der Waals surface area contributed by atoms with Gasteiger partial charge in [0, 0.05) is 17.5 Å². The predicted octanol–water partition coefficient (Wildman–Crippen LogP) is 3.67. The summed E-state index contributed by atoms with van der Waals surface area (Å²) in [5.41, 5.74) is 1.19. The van der Waals surface area contributed by atoms with Crippen molar-refractivity contribution in [2.75, 3.05) is 0 Å². The van der Waals surface area contributed by atoms with E-state index < -0.39 is 0 Å². The molecule has 27 heavy (non-hydrogen) atoms. The standard InChI is InChI=1S/C20H25N3O2S2/c1-3-11-23-19(25)16-14-9-6-10-15(14)27-18(16)22-20(23)26-12(2)17(24)21-13-7-4-5-8-13/h3,12-13H,1,4-11H2,2H3,(H,21,24). The number of nitrogens with one attached hydrogen (secondary N) is 1. The number of aromatic nitrogens is 2. The maximum absolute atomic E-state index is 13.2. The van der Waals surface area contributed by atoms with Crippen LogP contribution in [0.5, 0.6) is 0 Å². The van der Waals surface area contributed by atoms with Crippen LogP contribution < -0.4 is 10.9 Å². The van der Waals surface area contributed by atoms with Gasteiger partial charge in [0.15, 0.2) is 5.16 Å². The summed E-state index contributed by atoms with van der Waals surface area (Å²) in [4.78, 5) is 32.6. The largest absolute Gasteiger partial charge is 0.352 e. The fourth-order valence-electron chi connectivity index (χ4n) is 4.04. The number of aryl methyl sites for hydroxylation is 2. The van der Waals surface area contributed by atoms with Gasteiger partial charge in [-0.1, -0.05) is 30.7 Å². The quantitative estimate of drug-likeness (QED) is 0.454. The van der Waals surface area contributed by atoms with Gasteiger partial charge in [0.1, 0.15) is 4.83 Å². The number of hydrogen-bond donors (Lipinski definition) is 1. The van der Waals surface area contributed by atoms with Gasteiger partial charge in [0.25, 0.3) is 5.56 Å². The first-order valence-corrected chi connectivity index (χ1v) is 11.4. The van der Waals surface area contributed by atoms with Crippen molar-refractivity contribution < 1.29 is 4.79 Å². The molecular formula is C20H25N3O2S2. The molecule has 144 valence electrons. The maximum Gasteiger partial charge on any atom is 0.263 e. The zero-order chi connectivity index (χ0) is 19.0. The van der Waals surface area contributed by atoms with Crippen molar-refractivity contribution in [3.8, 4) is 0 Å². The maximum atomic E-state index is 13.2. The Balaban J connectivity index is 1.64. The second-order valence-corrected chi connectivity index (χ2v) is 9.78. The molecule has 1 saturated carbocycles. The van der Waals surface area contributed by atoms with E-state index in [0.717, 1.165) is 42.3 Å². The third-order valence-electron chi connectivity index (χ3n) is 5.45. The summed E-state index contributed by atoms with van der Waals surface area (Å²) >= 11 is 3.01. The first kappa shape index (κ1) is 18.7. The summed E-state index contributed by atoms with van der Waals surface area (Å²) in [6, 6.07) is 0.298. The van der Waals surface area contributed by atoms with Crippen LogP contribution in [-0.4, -0.2) is 26.8 Å². The van der Waals surface area contributed by atoms with Crippen LogP contribution in [0, 0.1) is 0 Å². The molecule has 2 aromatic rings. The molecule has 5 nitrogen and oxygen atoms in total. The van der Waals surface area contributed by atoms with Crippen LogP contribution in [0.4, 0.5) is 0 Å². The van der Waals surface area contributed by atoms with Crippen LogP contribution in [0.2, 0.25) is 0 Å². The summed E-state index contributed by atoms with van der Waals surface area (Å²) in [6.07, 6.45) is 9.35. The van der Waals surface area contributed by atoms with Gasteiger partial charge in [-0.05, 0) is 44.6 Å². The van der Waals surface area contributed by atoms with E-state index in [4.69, 9.17) is 4.98 Å². The van der Waals surface area contributed by atoms with Crippen molar-refractivity contribution >= 4 is 39.2 Å². The first-order chi connectivity index (χ1) is 13.1. The van der Waals surface area contributed by atoms with Crippen LogP contribution in [0.3, 0.4) is 0 Å². The molecule has 1 N–H and O–H groups in total. The third-order valence-corrected chi connectivity index (χ3v) is 7.73. The Kier molecular flexibility index (Phi) is 5.41. The number of thioether (sulfide) groups is 1. The molecule has 1 atom stereocenters. The molecule has 0 aromatic carbocycles. The zero-order valence-corrected chi connectivity index (χ0v) is 17.3. The van der Waals surface area contributed by atoms with Crippen molar-refractivity contribution in [3.05, 3.63) is 33.4 Å². The topological polar surface area (TPSA) is 64.0 Å². The Morgan fingerprint density at radius 2 is 2.19 bits per heavy atom. The molecule has 2 heterocycles.